The van der Waals surface area contributed by atoms with Crippen molar-refractivity contribution < 1.29 is 9.84 Å². The molecule has 3 nitrogen and oxygen atoms in total. The molecule has 1 saturated heterocycles. The fourth-order valence-electron chi connectivity index (χ4n) is 2.40. The second-order valence-electron chi connectivity index (χ2n) is 4.78. The molecule has 0 bridgehead atoms. The highest BCUT2D eigenvalue weighted by Gasteiger charge is 2.40. The van der Waals surface area contributed by atoms with Crippen LogP contribution in [0.3, 0.4) is 0 Å². The average Bonchev–Trinajstić information content (AvgIpc) is 2.87. The third-order valence-corrected chi connectivity index (χ3v) is 4.92. The van der Waals surface area contributed by atoms with Gasteiger partial charge in [-0.15, -0.1) is 11.3 Å². The Labute approximate surface area is 107 Å². The normalized spacial score (nSPS) is 27.0. The Kier molecular flexibility index (Phi) is 4.20. The molecule has 0 radical (unpaired) electrons. The van der Waals surface area contributed by atoms with Crippen LogP contribution < -0.4 is 5.73 Å². The van der Waals surface area contributed by atoms with Crippen LogP contribution >= 0.6 is 11.3 Å². The number of thiophene rings is 1. The van der Waals surface area contributed by atoms with Crippen molar-refractivity contribution in [2.24, 2.45) is 11.1 Å². The van der Waals surface area contributed by atoms with Gasteiger partial charge in [0.25, 0.3) is 0 Å². The summed E-state index contributed by atoms with van der Waals surface area (Å²) in [4.78, 5) is 2.33. The molecule has 0 saturated carbocycles. The monoisotopic (exact) mass is 255 g/mol. The number of hydrogen-bond donors (Lipinski definition) is 2. The minimum absolute atomic E-state index is 0.284. The van der Waals surface area contributed by atoms with Crippen LogP contribution in [0.2, 0.25) is 0 Å². The summed E-state index contributed by atoms with van der Waals surface area (Å²) >= 11 is 1.69. The van der Waals surface area contributed by atoms with Crippen LogP contribution in [0.4, 0.5) is 0 Å². The van der Waals surface area contributed by atoms with Crippen LogP contribution in [0.5, 0.6) is 0 Å². The van der Waals surface area contributed by atoms with E-state index in [0.29, 0.717) is 13.2 Å². The zero-order valence-electron chi connectivity index (χ0n) is 10.3. The summed E-state index contributed by atoms with van der Waals surface area (Å²) in [5.74, 6) is 0. The summed E-state index contributed by atoms with van der Waals surface area (Å²) < 4.78 is 5.52. The van der Waals surface area contributed by atoms with E-state index >= 15 is 0 Å². The number of hydrogen-bond acceptors (Lipinski definition) is 4. The van der Waals surface area contributed by atoms with Gasteiger partial charge in [0.1, 0.15) is 0 Å². The van der Waals surface area contributed by atoms with Crippen LogP contribution in [0.15, 0.2) is 12.1 Å². The van der Waals surface area contributed by atoms with Gasteiger partial charge < -0.3 is 15.6 Å². The highest BCUT2D eigenvalue weighted by Crippen LogP contribution is 2.42. The molecular weight excluding hydrogens is 234 g/mol. The topological polar surface area (TPSA) is 55.5 Å². The maximum absolute atomic E-state index is 10.6. The molecule has 1 aliphatic rings. The number of nitrogens with two attached hydrogens (primary N) is 1. The third-order valence-electron chi connectivity index (χ3n) is 3.64. The van der Waals surface area contributed by atoms with Gasteiger partial charge in [-0.05, 0) is 31.4 Å². The molecule has 1 aromatic rings. The molecule has 2 heterocycles. The average molecular weight is 255 g/mol. The Morgan fingerprint density at radius 3 is 2.94 bits per heavy atom. The van der Waals surface area contributed by atoms with Crippen LogP contribution in [0.1, 0.15) is 35.6 Å². The van der Waals surface area contributed by atoms with Gasteiger partial charge in [0.2, 0.25) is 0 Å². The molecule has 0 aliphatic carbocycles. The van der Waals surface area contributed by atoms with Crippen molar-refractivity contribution in [1.29, 1.82) is 0 Å². The lowest BCUT2D eigenvalue weighted by molar-refractivity contribution is -0.0768. The van der Waals surface area contributed by atoms with E-state index in [2.05, 4.69) is 13.0 Å². The zero-order valence-corrected chi connectivity index (χ0v) is 11.1. The van der Waals surface area contributed by atoms with Crippen molar-refractivity contribution in [1.82, 2.24) is 0 Å². The van der Waals surface area contributed by atoms with E-state index in [4.69, 9.17) is 10.5 Å². The van der Waals surface area contributed by atoms with Gasteiger partial charge in [0.05, 0.1) is 12.7 Å². The molecule has 0 aromatic carbocycles. The standard InChI is InChI=1S/C13H21NO2S/c1-2-10-4-5-11(17-10)12(15)13(8-14)6-3-7-16-9-13/h4-5,12,15H,2-3,6-9,14H2,1H3. The van der Waals surface area contributed by atoms with Gasteiger partial charge in [-0.1, -0.05) is 6.92 Å². The molecule has 3 N–H and O–H groups in total. The summed E-state index contributed by atoms with van der Waals surface area (Å²) in [6, 6.07) is 4.12. The summed E-state index contributed by atoms with van der Waals surface area (Å²) in [5.41, 5.74) is 5.60. The molecule has 1 aliphatic heterocycles. The predicted octanol–water partition coefficient (Wildman–Crippen LogP) is 2.10. The molecule has 96 valence electrons. The van der Waals surface area contributed by atoms with Crippen molar-refractivity contribution in [3.05, 3.63) is 21.9 Å². The smallest absolute Gasteiger partial charge is 0.0972 e. The molecule has 2 rings (SSSR count). The van der Waals surface area contributed by atoms with E-state index in [1.54, 1.807) is 11.3 Å². The van der Waals surface area contributed by atoms with Gasteiger partial charge in [-0.3, -0.25) is 0 Å². The Morgan fingerprint density at radius 2 is 2.41 bits per heavy atom. The first-order valence-corrected chi connectivity index (χ1v) is 7.08. The third kappa shape index (κ3) is 2.55. The van der Waals surface area contributed by atoms with E-state index in [1.165, 1.54) is 4.88 Å². The number of aryl methyl sites for hydroxylation is 1. The predicted molar refractivity (Wildman–Crippen MR) is 70.2 cm³/mol. The fourth-order valence-corrected chi connectivity index (χ4v) is 3.48. The van der Waals surface area contributed by atoms with Crippen molar-refractivity contribution in [2.75, 3.05) is 19.8 Å². The molecule has 2 unspecified atom stereocenters. The highest BCUT2D eigenvalue weighted by molar-refractivity contribution is 7.12. The Balaban J connectivity index is 2.18. The summed E-state index contributed by atoms with van der Waals surface area (Å²) in [7, 11) is 0. The first kappa shape index (κ1) is 13.0. The molecule has 17 heavy (non-hydrogen) atoms. The van der Waals surface area contributed by atoms with Crippen LogP contribution in [-0.4, -0.2) is 24.9 Å². The Morgan fingerprint density at radius 1 is 1.59 bits per heavy atom. The van der Waals surface area contributed by atoms with E-state index < -0.39 is 6.10 Å². The first-order valence-electron chi connectivity index (χ1n) is 6.26. The number of aliphatic hydroxyl groups excluding tert-OH is 1. The molecule has 0 spiro atoms. The summed E-state index contributed by atoms with van der Waals surface area (Å²) in [5, 5.41) is 10.6. The van der Waals surface area contributed by atoms with E-state index in [-0.39, 0.29) is 5.41 Å². The minimum Gasteiger partial charge on any atom is -0.387 e. The van der Waals surface area contributed by atoms with Gasteiger partial charge in [0.15, 0.2) is 0 Å². The molecule has 1 fully saturated rings. The van der Waals surface area contributed by atoms with Crippen LogP contribution in [-0.2, 0) is 11.2 Å². The van der Waals surface area contributed by atoms with E-state index in [0.717, 1.165) is 30.7 Å². The lowest BCUT2D eigenvalue weighted by Gasteiger charge is -2.39. The quantitative estimate of drug-likeness (QED) is 0.866. The van der Waals surface area contributed by atoms with Crippen molar-refractivity contribution >= 4 is 11.3 Å². The number of aliphatic hydroxyl groups is 1. The highest BCUT2D eigenvalue weighted by atomic mass is 32.1. The SMILES string of the molecule is CCc1ccc(C(O)C2(CN)CCCOC2)s1. The van der Waals surface area contributed by atoms with Gasteiger partial charge in [0, 0.05) is 28.3 Å². The lowest BCUT2D eigenvalue weighted by atomic mass is 9.77. The zero-order chi connectivity index (χ0) is 12.3. The van der Waals surface area contributed by atoms with E-state index in [9.17, 15) is 5.11 Å². The molecule has 1 aromatic heterocycles. The van der Waals surface area contributed by atoms with Gasteiger partial charge in [-0.2, -0.15) is 0 Å². The second-order valence-corrected chi connectivity index (χ2v) is 5.98. The lowest BCUT2D eigenvalue weighted by Crippen LogP contribution is -2.43. The Bertz CT molecular complexity index is 358. The first-order chi connectivity index (χ1) is 8.22. The van der Waals surface area contributed by atoms with Crippen LogP contribution in [0, 0.1) is 5.41 Å². The molecular formula is C13H21NO2S. The second kappa shape index (κ2) is 5.48. The minimum atomic E-state index is -0.488. The van der Waals surface area contributed by atoms with Crippen molar-refractivity contribution in [3.8, 4) is 0 Å². The van der Waals surface area contributed by atoms with Crippen molar-refractivity contribution in [3.63, 3.8) is 0 Å². The summed E-state index contributed by atoms with van der Waals surface area (Å²) in [6.45, 7) is 3.97. The summed E-state index contributed by atoms with van der Waals surface area (Å²) in [6.07, 6.45) is 2.46. The molecule has 2 atom stereocenters. The molecule has 4 heteroatoms. The van der Waals surface area contributed by atoms with Crippen molar-refractivity contribution in [2.45, 2.75) is 32.3 Å². The number of ether oxygens (including phenoxy) is 1. The number of rotatable bonds is 4. The fraction of sp³-hybridized carbons (Fsp3) is 0.692. The van der Waals surface area contributed by atoms with Gasteiger partial charge >= 0.3 is 0 Å². The maximum Gasteiger partial charge on any atom is 0.0972 e. The maximum atomic E-state index is 10.6. The molecule has 0 amide bonds. The largest absolute Gasteiger partial charge is 0.387 e. The van der Waals surface area contributed by atoms with Crippen LogP contribution in [0.25, 0.3) is 0 Å². The van der Waals surface area contributed by atoms with E-state index in [1.807, 2.05) is 6.07 Å². The van der Waals surface area contributed by atoms with Gasteiger partial charge in [-0.25, -0.2) is 0 Å². The Hall–Kier alpha value is -0.420.